The van der Waals surface area contributed by atoms with E-state index in [-0.39, 0.29) is 12.4 Å². The molecule has 0 N–H and O–H groups in total. The topological polar surface area (TPSA) is 53.2 Å². The first-order chi connectivity index (χ1) is 10.7. The number of pyridine rings is 1. The minimum absolute atomic E-state index is 0.207. The lowest BCUT2D eigenvalue weighted by Crippen LogP contribution is -2.33. The zero-order chi connectivity index (χ0) is 15.5. The van der Waals surface area contributed by atoms with Crippen molar-refractivity contribution in [2.45, 2.75) is 19.8 Å². The van der Waals surface area contributed by atoms with Crippen molar-refractivity contribution >= 4 is 27.6 Å². The molecule has 0 unspecified atom stereocenters. The van der Waals surface area contributed by atoms with Crippen molar-refractivity contribution in [2.24, 2.45) is 0 Å². The van der Waals surface area contributed by atoms with Crippen LogP contribution in [-0.2, 0) is 16.0 Å². The van der Waals surface area contributed by atoms with Crippen LogP contribution in [0.15, 0.2) is 48.5 Å². The Bertz CT molecular complexity index is 842. The summed E-state index contributed by atoms with van der Waals surface area (Å²) in [6.07, 6.45) is 0.575. The van der Waals surface area contributed by atoms with Crippen LogP contribution in [-0.4, -0.2) is 12.6 Å². The van der Waals surface area contributed by atoms with Crippen LogP contribution in [0, 0.1) is 5.21 Å². The van der Waals surface area contributed by atoms with Gasteiger partial charge in [0.2, 0.25) is 11.2 Å². The number of carbonyl (C=O) groups excluding carboxylic acids is 1. The van der Waals surface area contributed by atoms with Gasteiger partial charge in [-0.1, -0.05) is 30.3 Å². The largest absolute Gasteiger partial charge is 0.618 e. The number of para-hydroxylation sites is 1. The van der Waals surface area contributed by atoms with Crippen LogP contribution >= 0.6 is 0 Å². The Morgan fingerprint density at radius 1 is 1.05 bits per heavy atom. The third kappa shape index (κ3) is 2.48. The molecule has 1 heterocycles. The summed E-state index contributed by atoms with van der Waals surface area (Å²) < 4.78 is 5.89. The molecule has 0 saturated carbocycles. The second-order valence-electron chi connectivity index (χ2n) is 5.11. The van der Waals surface area contributed by atoms with E-state index in [1.807, 2.05) is 48.5 Å². The van der Waals surface area contributed by atoms with Crippen molar-refractivity contribution in [3.63, 3.8) is 0 Å². The second-order valence-corrected chi connectivity index (χ2v) is 5.11. The van der Waals surface area contributed by atoms with E-state index in [1.165, 1.54) is 0 Å². The maximum atomic E-state index is 12.7. The Kier molecular flexibility index (Phi) is 3.92. The number of carbonyl (C=O) groups is 1. The zero-order valence-corrected chi connectivity index (χ0v) is 12.4. The summed E-state index contributed by atoms with van der Waals surface area (Å²) in [6.45, 7) is 2.13. The van der Waals surface area contributed by atoms with Crippen LogP contribution in [0.25, 0.3) is 21.7 Å². The molecular formula is C18H17NO3. The van der Waals surface area contributed by atoms with Gasteiger partial charge in [-0.05, 0) is 19.1 Å². The lowest BCUT2D eigenvalue weighted by atomic mass is 10.0. The number of rotatable bonds is 4. The molecule has 0 saturated heterocycles. The van der Waals surface area contributed by atoms with E-state index in [1.54, 1.807) is 6.92 Å². The summed E-state index contributed by atoms with van der Waals surface area (Å²) >= 11 is 0. The molecular weight excluding hydrogens is 278 g/mol. The van der Waals surface area contributed by atoms with Gasteiger partial charge in [-0.15, -0.1) is 0 Å². The highest BCUT2D eigenvalue weighted by Crippen LogP contribution is 2.25. The molecule has 22 heavy (non-hydrogen) atoms. The van der Waals surface area contributed by atoms with E-state index in [9.17, 15) is 10.0 Å². The first-order valence-corrected chi connectivity index (χ1v) is 7.40. The van der Waals surface area contributed by atoms with Crippen molar-refractivity contribution in [3.05, 3.63) is 59.4 Å². The average Bonchev–Trinajstić information content (AvgIpc) is 2.55. The molecule has 0 aliphatic carbocycles. The first kappa shape index (κ1) is 14.3. The molecule has 0 aliphatic rings. The second kappa shape index (κ2) is 6.02. The average molecular weight is 295 g/mol. The van der Waals surface area contributed by atoms with Gasteiger partial charge < -0.3 is 9.94 Å². The Hall–Kier alpha value is -2.62. The molecule has 0 atom stereocenters. The molecule has 0 bridgehead atoms. The zero-order valence-electron chi connectivity index (χ0n) is 12.4. The van der Waals surface area contributed by atoms with Crippen LogP contribution in [0.4, 0.5) is 0 Å². The van der Waals surface area contributed by atoms with Gasteiger partial charge in [0.1, 0.15) is 0 Å². The van der Waals surface area contributed by atoms with Crippen molar-refractivity contribution in [1.82, 2.24) is 0 Å². The van der Waals surface area contributed by atoms with Gasteiger partial charge in [-0.25, -0.2) is 0 Å². The van der Waals surface area contributed by atoms with Gasteiger partial charge in [0.25, 0.3) is 0 Å². The minimum atomic E-state index is -0.278. The number of benzene rings is 2. The highest BCUT2D eigenvalue weighted by Gasteiger charge is 2.18. The number of aromatic nitrogens is 1. The number of hydrogen-bond donors (Lipinski definition) is 0. The Labute approximate surface area is 128 Å². The lowest BCUT2D eigenvalue weighted by Gasteiger charge is -2.11. The van der Waals surface area contributed by atoms with Gasteiger partial charge >= 0.3 is 5.97 Å². The van der Waals surface area contributed by atoms with Gasteiger partial charge in [-0.3, -0.25) is 4.79 Å². The molecule has 1 aromatic heterocycles. The molecule has 0 aliphatic heterocycles. The third-order valence-corrected chi connectivity index (χ3v) is 3.77. The number of hydrogen-bond acceptors (Lipinski definition) is 3. The van der Waals surface area contributed by atoms with E-state index in [0.717, 1.165) is 20.9 Å². The van der Waals surface area contributed by atoms with Crippen LogP contribution in [0.3, 0.4) is 0 Å². The summed E-state index contributed by atoms with van der Waals surface area (Å²) in [4.78, 5) is 11.6. The standard InChI is InChI=1S/C18H17NO3/c1-2-22-18(20)12-11-17-15-8-4-3-7-13(15)14-9-5-6-10-16(14)19(17)21/h3-10H,2,11-12H2,1H3. The fourth-order valence-electron chi connectivity index (χ4n) is 2.79. The summed E-state index contributed by atoms with van der Waals surface area (Å²) in [5, 5.41) is 15.5. The minimum Gasteiger partial charge on any atom is -0.618 e. The highest BCUT2D eigenvalue weighted by molar-refractivity contribution is 6.05. The van der Waals surface area contributed by atoms with Gasteiger partial charge in [0.15, 0.2) is 0 Å². The molecule has 0 amide bonds. The van der Waals surface area contributed by atoms with Crippen LogP contribution in [0.5, 0.6) is 0 Å². The number of fused-ring (bicyclic) bond motifs is 3. The van der Waals surface area contributed by atoms with Crippen LogP contribution in [0.1, 0.15) is 19.0 Å². The predicted molar refractivity (Wildman–Crippen MR) is 85.4 cm³/mol. The molecule has 0 radical (unpaired) electrons. The van der Waals surface area contributed by atoms with E-state index in [0.29, 0.717) is 24.2 Å². The van der Waals surface area contributed by atoms with Gasteiger partial charge in [0.05, 0.1) is 23.8 Å². The SMILES string of the molecule is CCOC(=O)CCc1c2ccccc2c2ccccc2[n+]1[O-]. The molecule has 0 spiro atoms. The number of nitrogens with zero attached hydrogens (tertiary/aromatic N) is 1. The molecule has 3 rings (SSSR count). The first-order valence-electron chi connectivity index (χ1n) is 7.40. The Morgan fingerprint density at radius 3 is 2.41 bits per heavy atom. The Morgan fingerprint density at radius 2 is 1.68 bits per heavy atom. The van der Waals surface area contributed by atoms with Gasteiger partial charge in [0, 0.05) is 17.9 Å². The molecule has 4 heteroatoms. The third-order valence-electron chi connectivity index (χ3n) is 3.77. The summed E-state index contributed by atoms with van der Waals surface area (Å²) in [6, 6.07) is 15.3. The molecule has 3 aromatic rings. The molecule has 4 nitrogen and oxygen atoms in total. The number of ether oxygens (including phenoxy) is 1. The van der Waals surface area contributed by atoms with Crippen molar-refractivity contribution in [3.8, 4) is 0 Å². The molecule has 112 valence electrons. The predicted octanol–water partition coefficient (Wildman–Crippen LogP) is 3.12. The normalized spacial score (nSPS) is 11.0. The molecule has 0 fully saturated rings. The van der Waals surface area contributed by atoms with E-state index in [4.69, 9.17) is 4.74 Å². The quantitative estimate of drug-likeness (QED) is 0.321. The van der Waals surface area contributed by atoms with Crippen molar-refractivity contribution in [1.29, 1.82) is 0 Å². The van der Waals surface area contributed by atoms with E-state index in [2.05, 4.69) is 0 Å². The van der Waals surface area contributed by atoms with E-state index >= 15 is 0 Å². The maximum absolute atomic E-state index is 12.7. The summed E-state index contributed by atoms with van der Waals surface area (Å²) in [5.41, 5.74) is 1.24. The van der Waals surface area contributed by atoms with E-state index < -0.39 is 0 Å². The lowest BCUT2D eigenvalue weighted by molar-refractivity contribution is -0.584. The highest BCUT2D eigenvalue weighted by atomic mass is 16.5. The summed E-state index contributed by atoms with van der Waals surface area (Å²) in [7, 11) is 0. The Balaban J connectivity index is 2.14. The summed E-state index contributed by atoms with van der Waals surface area (Å²) in [5.74, 6) is -0.278. The van der Waals surface area contributed by atoms with Crippen LogP contribution < -0.4 is 4.73 Å². The smallest absolute Gasteiger partial charge is 0.306 e. The molecule has 2 aromatic carbocycles. The fraction of sp³-hybridized carbons (Fsp3) is 0.222. The van der Waals surface area contributed by atoms with Gasteiger partial charge in [-0.2, -0.15) is 4.73 Å². The number of aryl methyl sites for hydroxylation is 1. The van der Waals surface area contributed by atoms with Crippen molar-refractivity contribution < 1.29 is 14.3 Å². The maximum Gasteiger partial charge on any atom is 0.306 e. The number of esters is 1. The fourth-order valence-corrected chi connectivity index (χ4v) is 2.79. The monoisotopic (exact) mass is 295 g/mol. The van der Waals surface area contributed by atoms with Crippen LogP contribution in [0.2, 0.25) is 0 Å². The van der Waals surface area contributed by atoms with Crippen molar-refractivity contribution in [2.75, 3.05) is 6.61 Å².